The molecule has 92 valence electrons. The zero-order chi connectivity index (χ0) is 12.8. The van der Waals surface area contributed by atoms with Gasteiger partial charge in [-0.2, -0.15) is 0 Å². The van der Waals surface area contributed by atoms with E-state index in [1.54, 1.807) is 12.1 Å². The number of pyridine rings is 1. The van der Waals surface area contributed by atoms with Crippen LogP contribution in [0.1, 0.15) is 30.3 Å². The summed E-state index contributed by atoms with van der Waals surface area (Å²) in [5.41, 5.74) is 0.260. The Kier molecular flexibility index (Phi) is 5.09. The summed E-state index contributed by atoms with van der Waals surface area (Å²) >= 11 is 3.22. The lowest BCUT2D eigenvalue weighted by Gasteiger charge is -2.14. The lowest BCUT2D eigenvalue weighted by Crippen LogP contribution is -2.36. The number of carboxylic acid groups (broad SMARTS) is 1. The maximum atomic E-state index is 11.8. The average Bonchev–Trinajstić information content (AvgIpc) is 2.27. The molecule has 6 heteroatoms. The molecule has 0 aliphatic heterocycles. The number of nitrogens with zero attached hydrogens (tertiary/aromatic N) is 1. The van der Waals surface area contributed by atoms with E-state index < -0.39 is 5.97 Å². The van der Waals surface area contributed by atoms with Crippen LogP contribution in [0.25, 0.3) is 0 Å². The third kappa shape index (κ3) is 4.14. The number of nitrogens with one attached hydrogen (secondary N) is 1. The predicted octanol–water partition coefficient (Wildman–Crippen LogP) is 1.83. The highest BCUT2D eigenvalue weighted by molar-refractivity contribution is 9.10. The number of aromatic nitrogens is 1. The second-order valence-corrected chi connectivity index (χ2v) is 4.36. The van der Waals surface area contributed by atoms with Crippen molar-refractivity contribution in [3.8, 4) is 0 Å². The summed E-state index contributed by atoms with van der Waals surface area (Å²) in [6.07, 6.45) is 1.98. The minimum Gasteiger partial charge on any atom is -0.481 e. The van der Waals surface area contributed by atoms with Gasteiger partial charge in [0.2, 0.25) is 0 Å². The van der Waals surface area contributed by atoms with Crippen LogP contribution in [0, 0.1) is 0 Å². The van der Waals surface area contributed by atoms with Gasteiger partial charge in [0.25, 0.3) is 5.91 Å². The standard InChI is InChI=1S/C11H13BrN2O3/c1-2-7(6-9(15)16)14-11(17)10-8(12)4-3-5-13-10/h3-5,7H,2,6H2,1H3,(H,14,17)(H,15,16). The van der Waals surface area contributed by atoms with Crippen LogP contribution in [0.2, 0.25) is 0 Å². The second-order valence-electron chi connectivity index (χ2n) is 3.51. The fourth-order valence-electron chi connectivity index (χ4n) is 1.31. The van der Waals surface area contributed by atoms with Crippen molar-refractivity contribution in [2.75, 3.05) is 0 Å². The van der Waals surface area contributed by atoms with E-state index in [2.05, 4.69) is 26.2 Å². The molecule has 0 bridgehead atoms. The number of carbonyl (C=O) groups excluding carboxylic acids is 1. The van der Waals surface area contributed by atoms with E-state index in [1.165, 1.54) is 6.20 Å². The molecule has 0 saturated heterocycles. The first kappa shape index (κ1) is 13.6. The molecule has 0 spiro atoms. The van der Waals surface area contributed by atoms with Crippen LogP contribution in [0.3, 0.4) is 0 Å². The number of aliphatic carboxylic acids is 1. The molecular formula is C11H13BrN2O3. The van der Waals surface area contributed by atoms with Crippen molar-refractivity contribution < 1.29 is 14.7 Å². The Balaban J connectivity index is 2.71. The molecule has 0 fully saturated rings. The van der Waals surface area contributed by atoms with E-state index in [4.69, 9.17) is 5.11 Å². The molecule has 1 atom stereocenters. The van der Waals surface area contributed by atoms with E-state index in [-0.39, 0.29) is 24.1 Å². The van der Waals surface area contributed by atoms with Gasteiger partial charge in [0.15, 0.2) is 0 Å². The summed E-state index contributed by atoms with van der Waals surface area (Å²) in [4.78, 5) is 26.3. The molecule has 0 aliphatic rings. The van der Waals surface area contributed by atoms with Crippen molar-refractivity contribution in [3.63, 3.8) is 0 Å². The summed E-state index contributed by atoms with van der Waals surface area (Å²) in [7, 11) is 0. The zero-order valence-electron chi connectivity index (χ0n) is 9.31. The Morgan fingerprint density at radius 2 is 2.29 bits per heavy atom. The highest BCUT2D eigenvalue weighted by atomic mass is 79.9. The average molecular weight is 301 g/mol. The Morgan fingerprint density at radius 1 is 1.59 bits per heavy atom. The predicted molar refractivity (Wildman–Crippen MR) is 65.7 cm³/mol. The number of hydrogen-bond acceptors (Lipinski definition) is 3. The Morgan fingerprint density at radius 3 is 2.82 bits per heavy atom. The lowest BCUT2D eigenvalue weighted by atomic mass is 10.1. The highest BCUT2D eigenvalue weighted by Gasteiger charge is 2.17. The van der Waals surface area contributed by atoms with Gasteiger partial charge in [-0.05, 0) is 34.5 Å². The number of amides is 1. The zero-order valence-corrected chi connectivity index (χ0v) is 10.9. The normalized spacial score (nSPS) is 11.9. The molecule has 1 rings (SSSR count). The summed E-state index contributed by atoms with van der Waals surface area (Å²) in [6.45, 7) is 1.82. The minimum absolute atomic E-state index is 0.0906. The minimum atomic E-state index is -0.933. The fourth-order valence-corrected chi connectivity index (χ4v) is 1.75. The Hall–Kier alpha value is -1.43. The van der Waals surface area contributed by atoms with Crippen molar-refractivity contribution in [3.05, 3.63) is 28.5 Å². The SMILES string of the molecule is CCC(CC(=O)O)NC(=O)c1ncccc1Br. The summed E-state index contributed by atoms with van der Waals surface area (Å²) in [6, 6.07) is 3.03. The number of carboxylic acids is 1. The van der Waals surface area contributed by atoms with Gasteiger partial charge in [-0.1, -0.05) is 6.92 Å². The van der Waals surface area contributed by atoms with Gasteiger partial charge < -0.3 is 10.4 Å². The van der Waals surface area contributed by atoms with Crippen molar-refractivity contribution in [2.45, 2.75) is 25.8 Å². The first-order chi connectivity index (χ1) is 8.04. The van der Waals surface area contributed by atoms with Crippen LogP contribution in [0.4, 0.5) is 0 Å². The van der Waals surface area contributed by atoms with Crippen LogP contribution >= 0.6 is 15.9 Å². The molecule has 1 amide bonds. The molecule has 1 aromatic rings. The van der Waals surface area contributed by atoms with E-state index >= 15 is 0 Å². The molecule has 1 heterocycles. The van der Waals surface area contributed by atoms with Gasteiger partial charge in [0.05, 0.1) is 6.42 Å². The number of rotatable bonds is 5. The Labute approximate surface area is 107 Å². The molecule has 1 unspecified atom stereocenters. The number of carbonyl (C=O) groups is 2. The third-order valence-corrected chi connectivity index (χ3v) is 2.86. The molecule has 5 nitrogen and oxygen atoms in total. The first-order valence-corrected chi connectivity index (χ1v) is 5.97. The topological polar surface area (TPSA) is 79.3 Å². The number of hydrogen-bond donors (Lipinski definition) is 2. The van der Waals surface area contributed by atoms with E-state index in [1.807, 2.05) is 6.92 Å². The quantitative estimate of drug-likeness (QED) is 0.869. The second kappa shape index (κ2) is 6.34. The summed E-state index contributed by atoms with van der Waals surface area (Å²) < 4.78 is 0.586. The van der Waals surface area contributed by atoms with Gasteiger partial charge in [-0.15, -0.1) is 0 Å². The lowest BCUT2D eigenvalue weighted by molar-refractivity contribution is -0.137. The van der Waals surface area contributed by atoms with Gasteiger partial charge in [0.1, 0.15) is 5.69 Å². The maximum absolute atomic E-state index is 11.8. The van der Waals surface area contributed by atoms with Gasteiger partial charge in [0, 0.05) is 16.7 Å². The molecule has 0 radical (unpaired) electrons. The maximum Gasteiger partial charge on any atom is 0.305 e. The smallest absolute Gasteiger partial charge is 0.305 e. The van der Waals surface area contributed by atoms with Crippen molar-refractivity contribution in [2.24, 2.45) is 0 Å². The van der Waals surface area contributed by atoms with E-state index in [9.17, 15) is 9.59 Å². The molecule has 1 aromatic heterocycles. The van der Waals surface area contributed by atoms with Crippen molar-refractivity contribution >= 4 is 27.8 Å². The monoisotopic (exact) mass is 300 g/mol. The summed E-state index contributed by atoms with van der Waals surface area (Å²) in [5.74, 6) is -1.30. The van der Waals surface area contributed by atoms with Crippen LogP contribution in [-0.2, 0) is 4.79 Å². The van der Waals surface area contributed by atoms with Crippen LogP contribution < -0.4 is 5.32 Å². The van der Waals surface area contributed by atoms with Gasteiger partial charge >= 0.3 is 5.97 Å². The van der Waals surface area contributed by atoms with Gasteiger partial charge in [-0.25, -0.2) is 4.98 Å². The van der Waals surface area contributed by atoms with E-state index in [0.717, 1.165) is 0 Å². The molecule has 17 heavy (non-hydrogen) atoms. The summed E-state index contributed by atoms with van der Waals surface area (Å²) in [5, 5.41) is 11.3. The van der Waals surface area contributed by atoms with Crippen molar-refractivity contribution in [1.29, 1.82) is 0 Å². The molecule has 0 aliphatic carbocycles. The largest absolute Gasteiger partial charge is 0.481 e. The van der Waals surface area contributed by atoms with Crippen LogP contribution in [-0.4, -0.2) is 28.0 Å². The van der Waals surface area contributed by atoms with E-state index in [0.29, 0.717) is 10.9 Å². The molecule has 2 N–H and O–H groups in total. The van der Waals surface area contributed by atoms with Crippen molar-refractivity contribution in [1.82, 2.24) is 10.3 Å². The Bertz CT molecular complexity index is 423. The third-order valence-electron chi connectivity index (χ3n) is 2.22. The van der Waals surface area contributed by atoms with Crippen LogP contribution in [0.5, 0.6) is 0 Å². The molecular weight excluding hydrogens is 288 g/mol. The highest BCUT2D eigenvalue weighted by Crippen LogP contribution is 2.13. The van der Waals surface area contributed by atoms with Crippen LogP contribution in [0.15, 0.2) is 22.8 Å². The fraction of sp³-hybridized carbons (Fsp3) is 0.364. The van der Waals surface area contributed by atoms with Gasteiger partial charge in [-0.3, -0.25) is 9.59 Å². The molecule has 0 aromatic carbocycles. The molecule has 0 saturated carbocycles. The number of halogens is 1. The first-order valence-electron chi connectivity index (χ1n) is 5.17.